The summed E-state index contributed by atoms with van der Waals surface area (Å²) in [6.07, 6.45) is 2.87. The molecule has 0 saturated carbocycles. The van der Waals surface area contributed by atoms with Crippen molar-refractivity contribution in [2.75, 3.05) is 34.4 Å². The van der Waals surface area contributed by atoms with Crippen LogP contribution in [0, 0.1) is 13.8 Å². The number of nitrogens with zero attached hydrogens (tertiary/aromatic N) is 2. The maximum Gasteiger partial charge on any atom is 0.190 e. The van der Waals surface area contributed by atoms with E-state index < -0.39 is 0 Å². The second-order valence-corrected chi connectivity index (χ2v) is 7.51. The molecule has 0 saturated heterocycles. The number of hydrogen-bond donors (Lipinski definition) is 2. The molecule has 1 heterocycles. The Bertz CT molecular complexity index is 739. The van der Waals surface area contributed by atoms with Crippen LogP contribution in [0.15, 0.2) is 23.2 Å². The highest BCUT2D eigenvalue weighted by Crippen LogP contribution is 2.27. The first-order valence-electron chi connectivity index (χ1n) is 9.15. The molecule has 0 aliphatic carbocycles. The van der Waals surface area contributed by atoms with Crippen molar-refractivity contribution in [2.45, 2.75) is 33.1 Å². The van der Waals surface area contributed by atoms with Gasteiger partial charge in [0.05, 0.1) is 24.9 Å². The van der Waals surface area contributed by atoms with E-state index in [2.05, 4.69) is 40.5 Å². The van der Waals surface area contributed by atoms with Crippen LogP contribution in [0.5, 0.6) is 11.5 Å². The summed E-state index contributed by atoms with van der Waals surface area (Å²) >= 11 is 1.77. The van der Waals surface area contributed by atoms with Crippen LogP contribution in [0.4, 0.5) is 0 Å². The van der Waals surface area contributed by atoms with Gasteiger partial charge in [-0.05, 0) is 44.4 Å². The molecule has 0 aliphatic rings. The van der Waals surface area contributed by atoms with Crippen LogP contribution in [0.1, 0.15) is 27.6 Å². The summed E-state index contributed by atoms with van der Waals surface area (Å²) in [5.41, 5.74) is 2.36. The first-order chi connectivity index (χ1) is 13.1. The normalized spacial score (nSPS) is 11.4. The van der Waals surface area contributed by atoms with E-state index in [-0.39, 0.29) is 0 Å². The molecular formula is C20H30N4O2S. The van der Waals surface area contributed by atoms with Crippen molar-refractivity contribution in [3.63, 3.8) is 0 Å². The number of methoxy groups -OCH3 is 2. The van der Waals surface area contributed by atoms with E-state index in [0.29, 0.717) is 0 Å². The van der Waals surface area contributed by atoms with E-state index in [1.54, 1.807) is 32.6 Å². The van der Waals surface area contributed by atoms with Gasteiger partial charge in [-0.2, -0.15) is 0 Å². The number of guanidine groups is 1. The zero-order chi connectivity index (χ0) is 19.6. The Morgan fingerprint density at radius 2 is 1.81 bits per heavy atom. The quantitative estimate of drug-likeness (QED) is 0.391. The Hall–Kier alpha value is -2.28. The second kappa shape index (κ2) is 10.8. The zero-order valence-electron chi connectivity index (χ0n) is 16.9. The van der Waals surface area contributed by atoms with Gasteiger partial charge in [0.25, 0.3) is 0 Å². The highest BCUT2D eigenvalue weighted by atomic mass is 32.1. The van der Waals surface area contributed by atoms with Crippen LogP contribution in [-0.2, 0) is 12.8 Å². The fourth-order valence-corrected chi connectivity index (χ4v) is 3.62. The minimum atomic E-state index is 0.759. The predicted molar refractivity (Wildman–Crippen MR) is 113 cm³/mol. The molecule has 2 rings (SSSR count). The van der Waals surface area contributed by atoms with Gasteiger partial charge in [-0.15, -0.1) is 11.3 Å². The van der Waals surface area contributed by atoms with E-state index in [9.17, 15) is 0 Å². The fourth-order valence-electron chi connectivity index (χ4n) is 2.69. The Morgan fingerprint density at radius 1 is 1.07 bits per heavy atom. The number of nitrogens with one attached hydrogen (secondary N) is 2. The third-order valence-electron chi connectivity index (χ3n) is 4.31. The third kappa shape index (κ3) is 6.43. The number of hydrogen-bond acceptors (Lipinski definition) is 5. The minimum absolute atomic E-state index is 0.759. The number of benzene rings is 1. The first-order valence-corrected chi connectivity index (χ1v) is 9.97. The predicted octanol–water partition coefficient (Wildman–Crippen LogP) is 3.12. The Morgan fingerprint density at radius 3 is 2.44 bits per heavy atom. The number of aromatic nitrogens is 1. The van der Waals surface area contributed by atoms with Crippen LogP contribution in [-0.4, -0.2) is 45.3 Å². The molecular weight excluding hydrogens is 360 g/mol. The highest BCUT2D eigenvalue weighted by molar-refractivity contribution is 7.11. The van der Waals surface area contributed by atoms with E-state index >= 15 is 0 Å². The number of thiazole rings is 1. The van der Waals surface area contributed by atoms with Crippen LogP contribution in [0.3, 0.4) is 0 Å². The Labute approximate surface area is 166 Å². The Kier molecular flexibility index (Phi) is 8.39. The maximum absolute atomic E-state index is 5.35. The molecule has 0 radical (unpaired) electrons. The highest BCUT2D eigenvalue weighted by Gasteiger charge is 2.06. The molecule has 0 amide bonds. The smallest absolute Gasteiger partial charge is 0.190 e. The fraction of sp³-hybridized carbons (Fsp3) is 0.500. The summed E-state index contributed by atoms with van der Waals surface area (Å²) in [4.78, 5) is 10.1. The molecule has 148 valence electrons. The Balaban J connectivity index is 1.70. The average Bonchev–Trinajstić information content (AvgIpc) is 3.00. The monoisotopic (exact) mass is 390 g/mol. The van der Waals surface area contributed by atoms with Gasteiger partial charge in [0.1, 0.15) is 0 Å². The summed E-state index contributed by atoms with van der Waals surface area (Å²) in [7, 11) is 5.10. The lowest BCUT2D eigenvalue weighted by molar-refractivity contribution is 0.354. The number of ether oxygens (including phenoxy) is 2. The first kappa shape index (κ1) is 21.0. The van der Waals surface area contributed by atoms with Crippen molar-refractivity contribution < 1.29 is 9.47 Å². The van der Waals surface area contributed by atoms with Crippen LogP contribution in [0.2, 0.25) is 0 Å². The molecule has 2 aromatic rings. The summed E-state index contributed by atoms with van der Waals surface area (Å²) in [6.45, 7) is 5.84. The van der Waals surface area contributed by atoms with E-state index in [0.717, 1.165) is 55.5 Å². The van der Waals surface area contributed by atoms with Crippen LogP contribution < -0.4 is 20.1 Å². The van der Waals surface area contributed by atoms with Gasteiger partial charge in [-0.3, -0.25) is 4.99 Å². The van der Waals surface area contributed by atoms with Gasteiger partial charge in [0.2, 0.25) is 0 Å². The number of rotatable bonds is 9. The SMILES string of the molecule is CN=C(NCCCc1ccc(OC)c(OC)c1)NCCc1nc(C)c(C)s1. The van der Waals surface area contributed by atoms with E-state index in [1.165, 1.54) is 15.4 Å². The van der Waals surface area contributed by atoms with Gasteiger partial charge in [0.15, 0.2) is 17.5 Å². The maximum atomic E-state index is 5.35. The van der Waals surface area contributed by atoms with Crippen molar-refractivity contribution in [1.29, 1.82) is 0 Å². The lowest BCUT2D eigenvalue weighted by Gasteiger charge is -2.12. The molecule has 0 fully saturated rings. The minimum Gasteiger partial charge on any atom is -0.493 e. The standard InChI is InChI=1S/C20H30N4O2S/c1-14-15(2)27-19(24-14)10-12-23-20(21-3)22-11-6-7-16-8-9-17(25-4)18(13-16)26-5/h8-9,13H,6-7,10-12H2,1-5H3,(H2,21,22,23). The molecule has 2 N–H and O–H groups in total. The lowest BCUT2D eigenvalue weighted by atomic mass is 10.1. The summed E-state index contributed by atoms with van der Waals surface area (Å²) in [5.74, 6) is 2.36. The molecule has 0 unspecified atom stereocenters. The van der Waals surface area contributed by atoms with Gasteiger partial charge in [-0.1, -0.05) is 6.07 Å². The lowest BCUT2D eigenvalue weighted by Crippen LogP contribution is -2.38. The summed E-state index contributed by atoms with van der Waals surface area (Å²) in [6, 6.07) is 6.06. The van der Waals surface area contributed by atoms with Gasteiger partial charge in [0, 0.05) is 31.4 Å². The van der Waals surface area contributed by atoms with Gasteiger partial charge >= 0.3 is 0 Å². The summed E-state index contributed by atoms with van der Waals surface area (Å²) < 4.78 is 10.6. The average molecular weight is 391 g/mol. The molecule has 0 bridgehead atoms. The van der Waals surface area contributed by atoms with Crippen molar-refractivity contribution in [3.05, 3.63) is 39.3 Å². The van der Waals surface area contributed by atoms with Gasteiger partial charge < -0.3 is 20.1 Å². The zero-order valence-corrected chi connectivity index (χ0v) is 17.7. The molecule has 7 heteroatoms. The largest absolute Gasteiger partial charge is 0.493 e. The number of aliphatic imine (C=N–C) groups is 1. The van der Waals surface area contributed by atoms with E-state index in [4.69, 9.17) is 9.47 Å². The topological polar surface area (TPSA) is 67.8 Å². The second-order valence-electron chi connectivity index (χ2n) is 6.22. The van der Waals surface area contributed by atoms with Crippen molar-refractivity contribution >= 4 is 17.3 Å². The summed E-state index contributed by atoms with van der Waals surface area (Å²) in [5, 5.41) is 7.88. The van der Waals surface area contributed by atoms with Crippen molar-refractivity contribution in [2.24, 2.45) is 4.99 Å². The molecule has 0 aliphatic heterocycles. The van der Waals surface area contributed by atoms with Crippen LogP contribution >= 0.6 is 11.3 Å². The van der Waals surface area contributed by atoms with Crippen molar-refractivity contribution in [1.82, 2.24) is 15.6 Å². The number of aryl methyl sites for hydroxylation is 3. The van der Waals surface area contributed by atoms with Crippen LogP contribution in [0.25, 0.3) is 0 Å². The third-order valence-corrected chi connectivity index (χ3v) is 5.44. The van der Waals surface area contributed by atoms with Gasteiger partial charge in [-0.25, -0.2) is 4.98 Å². The molecule has 0 spiro atoms. The molecule has 0 atom stereocenters. The molecule has 6 nitrogen and oxygen atoms in total. The molecule has 27 heavy (non-hydrogen) atoms. The van der Waals surface area contributed by atoms with Crippen molar-refractivity contribution in [3.8, 4) is 11.5 Å². The molecule has 1 aromatic heterocycles. The van der Waals surface area contributed by atoms with E-state index in [1.807, 2.05) is 12.1 Å². The molecule has 1 aromatic carbocycles.